The smallest absolute Gasteiger partial charge is 0.261 e. The third kappa shape index (κ3) is 3.32. The zero-order chi connectivity index (χ0) is 12.3. The molecule has 0 aliphatic heterocycles. The molecule has 1 fully saturated rings. The molecule has 0 saturated heterocycles. The van der Waals surface area contributed by atoms with Gasteiger partial charge in [0, 0.05) is 11.4 Å². The lowest BCUT2D eigenvalue weighted by atomic mass is 9.89. The van der Waals surface area contributed by atoms with E-state index in [0.29, 0.717) is 10.7 Å². The van der Waals surface area contributed by atoms with Gasteiger partial charge < -0.3 is 5.32 Å². The third-order valence-corrected chi connectivity index (χ3v) is 5.63. The van der Waals surface area contributed by atoms with Crippen molar-refractivity contribution in [3.63, 3.8) is 0 Å². The van der Waals surface area contributed by atoms with Crippen LogP contribution >= 0.6 is 27.3 Å². The summed E-state index contributed by atoms with van der Waals surface area (Å²) in [4.78, 5) is 13.4. The van der Waals surface area contributed by atoms with Gasteiger partial charge in [0.2, 0.25) is 0 Å². The normalized spacial score (nSPS) is 24.6. The molecule has 0 radical (unpaired) electrons. The summed E-state index contributed by atoms with van der Waals surface area (Å²) in [6.07, 6.45) is 5.06. The molecule has 2 rings (SSSR count). The van der Waals surface area contributed by atoms with Crippen LogP contribution in [0.1, 0.15) is 40.9 Å². The van der Waals surface area contributed by atoms with Gasteiger partial charge in [-0.3, -0.25) is 4.79 Å². The van der Waals surface area contributed by atoms with Crippen LogP contribution in [0.4, 0.5) is 0 Å². The number of halogens is 1. The van der Waals surface area contributed by atoms with Crippen LogP contribution in [-0.2, 0) is 0 Å². The Morgan fingerprint density at radius 3 is 2.94 bits per heavy atom. The molecule has 2 atom stereocenters. The van der Waals surface area contributed by atoms with Crippen LogP contribution < -0.4 is 5.32 Å². The Hall–Kier alpha value is -0.350. The molecule has 1 saturated carbocycles. The van der Waals surface area contributed by atoms with Gasteiger partial charge in [-0.15, -0.1) is 11.3 Å². The van der Waals surface area contributed by atoms with Crippen LogP contribution in [0.2, 0.25) is 0 Å². The van der Waals surface area contributed by atoms with E-state index in [4.69, 9.17) is 0 Å². The minimum atomic E-state index is 0.0859. The number of hydrogen-bond donors (Lipinski definition) is 1. The molecule has 1 aromatic heterocycles. The first kappa shape index (κ1) is 13.1. The van der Waals surface area contributed by atoms with Crippen LogP contribution in [0.5, 0.6) is 0 Å². The molecule has 1 N–H and O–H groups in total. The van der Waals surface area contributed by atoms with E-state index in [1.54, 1.807) is 0 Å². The Morgan fingerprint density at radius 1 is 1.53 bits per heavy atom. The maximum absolute atomic E-state index is 12.0. The Balaban J connectivity index is 1.86. The molecule has 0 spiro atoms. The van der Waals surface area contributed by atoms with E-state index in [0.717, 1.165) is 17.0 Å². The third-order valence-electron chi connectivity index (χ3n) is 3.41. The number of carbonyl (C=O) groups is 1. The summed E-state index contributed by atoms with van der Waals surface area (Å²) in [6, 6.07) is 1.99. The van der Waals surface area contributed by atoms with Gasteiger partial charge >= 0.3 is 0 Å². The maximum Gasteiger partial charge on any atom is 0.261 e. The predicted octanol–water partition coefficient (Wildman–Crippen LogP) is 3.74. The van der Waals surface area contributed by atoms with Crippen LogP contribution in [0.25, 0.3) is 0 Å². The van der Waals surface area contributed by atoms with Gasteiger partial charge in [-0.25, -0.2) is 0 Å². The van der Waals surface area contributed by atoms with Crippen molar-refractivity contribution in [3.05, 3.63) is 21.9 Å². The Bertz CT molecular complexity index is 391. The van der Waals surface area contributed by atoms with Crippen molar-refractivity contribution >= 4 is 33.2 Å². The van der Waals surface area contributed by atoms with Crippen molar-refractivity contribution in [2.45, 2.75) is 37.4 Å². The van der Waals surface area contributed by atoms with Crippen LogP contribution in [0.3, 0.4) is 0 Å². The first-order valence-corrected chi connectivity index (χ1v) is 7.94. The highest BCUT2D eigenvalue weighted by molar-refractivity contribution is 9.09. The molecular formula is C13H18BrNOS. The fourth-order valence-corrected chi connectivity index (χ4v) is 3.92. The van der Waals surface area contributed by atoms with Crippen LogP contribution in [-0.4, -0.2) is 17.3 Å². The SMILES string of the molecule is Cc1ccsc1C(=O)NCC1CCCCC1Br. The topological polar surface area (TPSA) is 29.1 Å². The summed E-state index contributed by atoms with van der Waals surface area (Å²) in [7, 11) is 0. The van der Waals surface area contributed by atoms with Gasteiger partial charge in [-0.05, 0) is 42.7 Å². The number of amides is 1. The minimum Gasteiger partial charge on any atom is -0.351 e. The van der Waals surface area contributed by atoms with E-state index in [2.05, 4.69) is 21.2 Å². The van der Waals surface area contributed by atoms with Gasteiger partial charge in [0.15, 0.2) is 0 Å². The first-order valence-electron chi connectivity index (χ1n) is 6.15. The lowest BCUT2D eigenvalue weighted by Gasteiger charge is -2.27. The van der Waals surface area contributed by atoms with Crippen molar-refractivity contribution in [1.82, 2.24) is 5.32 Å². The molecule has 1 aliphatic carbocycles. The number of rotatable bonds is 3. The average Bonchev–Trinajstić information content (AvgIpc) is 2.74. The summed E-state index contributed by atoms with van der Waals surface area (Å²) in [6.45, 7) is 2.78. The molecule has 17 heavy (non-hydrogen) atoms. The lowest BCUT2D eigenvalue weighted by Crippen LogP contribution is -2.34. The predicted molar refractivity (Wildman–Crippen MR) is 76.1 cm³/mol. The number of aryl methyl sites for hydroxylation is 1. The van der Waals surface area contributed by atoms with Crippen molar-refractivity contribution in [2.24, 2.45) is 5.92 Å². The highest BCUT2D eigenvalue weighted by Gasteiger charge is 2.23. The Kier molecular flexibility index (Phi) is 4.62. The minimum absolute atomic E-state index is 0.0859. The Labute approximate surface area is 115 Å². The summed E-state index contributed by atoms with van der Waals surface area (Å²) in [5, 5.41) is 5.04. The van der Waals surface area contributed by atoms with Gasteiger partial charge in [-0.2, -0.15) is 0 Å². The number of hydrogen-bond acceptors (Lipinski definition) is 2. The molecule has 1 aliphatic rings. The Morgan fingerprint density at radius 2 is 2.29 bits per heavy atom. The summed E-state index contributed by atoms with van der Waals surface area (Å²) in [5.41, 5.74) is 1.08. The lowest BCUT2D eigenvalue weighted by molar-refractivity contribution is 0.0948. The van der Waals surface area contributed by atoms with Crippen LogP contribution in [0.15, 0.2) is 11.4 Å². The highest BCUT2D eigenvalue weighted by atomic mass is 79.9. The molecule has 1 amide bonds. The molecule has 2 nitrogen and oxygen atoms in total. The second-order valence-corrected chi connectivity index (χ2v) is 6.80. The number of carbonyl (C=O) groups excluding carboxylic acids is 1. The summed E-state index contributed by atoms with van der Waals surface area (Å²) < 4.78 is 0. The van der Waals surface area contributed by atoms with E-state index in [9.17, 15) is 4.79 Å². The summed E-state index contributed by atoms with van der Waals surface area (Å²) in [5.74, 6) is 0.677. The van der Waals surface area contributed by atoms with Gasteiger partial charge in [0.05, 0.1) is 4.88 Å². The number of alkyl halides is 1. The molecule has 94 valence electrons. The van der Waals surface area contributed by atoms with Gasteiger partial charge in [0.25, 0.3) is 5.91 Å². The van der Waals surface area contributed by atoms with Crippen molar-refractivity contribution in [3.8, 4) is 0 Å². The second-order valence-electron chi connectivity index (χ2n) is 4.70. The van der Waals surface area contributed by atoms with Crippen molar-refractivity contribution in [2.75, 3.05) is 6.54 Å². The molecule has 0 aromatic carbocycles. The largest absolute Gasteiger partial charge is 0.351 e. The van der Waals surface area contributed by atoms with E-state index in [-0.39, 0.29) is 5.91 Å². The quantitative estimate of drug-likeness (QED) is 0.846. The van der Waals surface area contributed by atoms with Crippen molar-refractivity contribution < 1.29 is 4.79 Å². The molecule has 1 aromatic rings. The van der Waals surface area contributed by atoms with E-state index >= 15 is 0 Å². The first-order chi connectivity index (χ1) is 8.18. The highest BCUT2D eigenvalue weighted by Crippen LogP contribution is 2.29. The molecular weight excluding hydrogens is 298 g/mol. The van der Waals surface area contributed by atoms with E-state index in [1.807, 2.05) is 18.4 Å². The fraction of sp³-hybridized carbons (Fsp3) is 0.615. The zero-order valence-corrected chi connectivity index (χ0v) is 12.4. The molecule has 1 heterocycles. The number of nitrogens with one attached hydrogen (secondary N) is 1. The average molecular weight is 316 g/mol. The maximum atomic E-state index is 12.0. The number of thiophene rings is 1. The second kappa shape index (κ2) is 6.01. The zero-order valence-electron chi connectivity index (χ0n) is 10.0. The molecule has 2 unspecified atom stereocenters. The monoisotopic (exact) mass is 315 g/mol. The van der Waals surface area contributed by atoms with Gasteiger partial charge in [-0.1, -0.05) is 28.8 Å². The van der Waals surface area contributed by atoms with E-state index in [1.165, 1.54) is 37.0 Å². The molecule has 0 bridgehead atoms. The van der Waals surface area contributed by atoms with Crippen LogP contribution in [0, 0.1) is 12.8 Å². The standard InChI is InChI=1S/C13H18BrNOS/c1-9-6-7-17-12(9)13(16)15-8-10-4-2-3-5-11(10)14/h6-7,10-11H,2-5,8H2,1H3,(H,15,16). The summed E-state index contributed by atoms with van der Waals surface area (Å²) >= 11 is 5.24. The van der Waals surface area contributed by atoms with Gasteiger partial charge in [0.1, 0.15) is 0 Å². The molecule has 4 heteroatoms. The fourth-order valence-electron chi connectivity index (χ4n) is 2.30. The van der Waals surface area contributed by atoms with Crippen molar-refractivity contribution in [1.29, 1.82) is 0 Å². The van der Waals surface area contributed by atoms with E-state index < -0.39 is 0 Å².